The summed E-state index contributed by atoms with van der Waals surface area (Å²) in [5, 5.41) is 7.98. The van der Waals surface area contributed by atoms with E-state index in [4.69, 9.17) is 14.5 Å². The molecule has 194 valence electrons. The average Bonchev–Trinajstić information content (AvgIpc) is 3.33. The maximum Gasteiger partial charge on any atom is 0.124 e. The van der Waals surface area contributed by atoms with Gasteiger partial charge in [0.15, 0.2) is 0 Å². The van der Waals surface area contributed by atoms with Crippen molar-refractivity contribution < 1.29 is 9.47 Å². The van der Waals surface area contributed by atoms with E-state index in [1.807, 2.05) is 31.7 Å². The lowest BCUT2D eigenvalue weighted by molar-refractivity contribution is 0.137. The van der Waals surface area contributed by atoms with Crippen molar-refractivity contribution in [2.45, 2.75) is 39.2 Å². The predicted octanol–water partition coefficient (Wildman–Crippen LogP) is 5.35. The highest BCUT2D eigenvalue weighted by Gasteiger charge is 2.39. The Kier molecular flexibility index (Phi) is 7.02. The molecule has 1 aliphatic carbocycles. The van der Waals surface area contributed by atoms with Gasteiger partial charge in [-0.25, -0.2) is 4.98 Å². The molecular formula is C29H36N6O2. The van der Waals surface area contributed by atoms with Gasteiger partial charge in [-0.05, 0) is 31.0 Å². The molecule has 0 atom stereocenters. The van der Waals surface area contributed by atoms with E-state index in [1.54, 1.807) is 18.9 Å². The average molecular weight is 501 g/mol. The molecule has 0 saturated heterocycles. The molecule has 8 heteroatoms. The number of aryl methyl sites for hydroxylation is 1. The van der Waals surface area contributed by atoms with Crippen molar-refractivity contribution in [3.8, 4) is 22.8 Å². The van der Waals surface area contributed by atoms with Crippen LogP contribution in [0.25, 0.3) is 22.3 Å². The summed E-state index contributed by atoms with van der Waals surface area (Å²) in [7, 11) is 5.28. The highest BCUT2D eigenvalue weighted by Crippen LogP contribution is 2.45. The molecule has 1 aliphatic rings. The molecule has 37 heavy (non-hydrogen) atoms. The van der Waals surface area contributed by atoms with E-state index in [0.717, 1.165) is 58.3 Å². The molecule has 4 aromatic rings. The number of aromatic nitrogens is 4. The minimum Gasteiger partial charge on any atom is -0.497 e. The monoisotopic (exact) mass is 500 g/mol. The molecular weight excluding hydrogens is 464 g/mol. The molecule has 0 amide bonds. The number of anilines is 2. The number of rotatable bonds is 10. The number of hydrogen-bond donors (Lipinski definition) is 1. The minimum absolute atomic E-state index is 0.193. The van der Waals surface area contributed by atoms with E-state index >= 15 is 0 Å². The summed E-state index contributed by atoms with van der Waals surface area (Å²) >= 11 is 0. The Labute approximate surface area is 218 Å². The van der Waals surface area contributed by atoms with Crippen LogP contribution in [0.5, 0.6) is 11.5 Å². The van der Waals surface area contributed by atoms with Crippen LogP contribution in [0, 0.1) is 5.41 Å². The van der Waals surface area contributed by atoms with Crippen LogP contribution in [0.2, 0.25) is 0 Å². The van der Waals surface area contributed by atoms with Gasteiger partial charge in [0.2, 0.25) is 0 Å². The van der Waals surface area contributed by atoms with Crippen molar-refractivity contribution in [2.24, 2.45) is 12.5 Å². The lowest BCUT2D eigenvalue weighted by Gasteiger charge is -2.46. The van der Waals surface area contributed by atoms with Crippen LogP contribution in [-0.2, 0) is 7.05 Å². The second-order valence-corrected chi connectivity index (χ2v) is 10.4. The molecule has 8 nitrogen and oxygen atoms in total. The van der Waals surface area contributed by atoms with Gasteiger partial charge in [0.05, 0.1) is 43.3 Å². The maximum absolute atomic E-state index is 5.62. The first kappa shape index (κ1) is 25.0. The first-order valence-corrected chi connectivity index (χ1v) is 12.9. The Balaban J connectivity index is 1.58. The van der Waals surface area contributed by atoms with Crippen LogP contribution in [0.4, 0.5) is 11.4 Å². The number of methoxy groups -OCH3 is 2. The third-order valence-corrected chi connectivity index (χ3v) is 7.28. The van der Waals surface area contributed by atoms with E-state index in [-0.39, 0.29) is 5.41 Å². The minimum atomic E-state index is 0.193. The summed E-state index contributed by atoms with van der Waals surface area (Å²) in [5.74, 6) is 1.53. The van der Waals surface area contributed by atoms with Crippen molar-refractivity contribution in [3.05, 3.63) is 55.0 Å². The zero-order valence-electron chi connectivity index (χ0n) is 22.4. The molecule has 0 radical (unpaired) electrons. The van der Waals surface area contributed by atoms with Gasteiger partial charge in [-0.1, -0.05) is 20.3 Å². The van der Waals surface area contributed by atoms with Gasteiger partial charge in [-0.15, -0.1) is 0 Å². The normalized spacial score (nSPS) is 14.5. The van der Waals surface area contributed by atoms with Crippen LogP contribution in [0.1, 0.15) is 33.1 Å². The number of fused-ring (bicyclic) bond motifs is 1. The maximum atomic E-state index is 5.62. The van der Waals surface area contributed by atoms with Crippen molar-refractivity contribution in [2.75, 3.05) is 32.2 Å². The quantitative estimate of drug-likeness (QED) is 0.314. The molecule has 0 bridgehead atoms. The molecule has 5 rings (SSSR count). The summed E-state index contributed by atoms with van der Waals surface area (Å²) in [6.07, 6.45) is 9.23. The third kappa shape index (κ3) is 5.39. The van der Waals surface area contributed by atoms with E-state index in [9.17, 15) is 0 Å². The van der Waals surface area contributed by atoms with Gasteiger partial charge in [0.1, 0.15) is 11.5 Å². The fourth-order valence-electron chi connectivity index (χ4n) is 4.96. The fraction of sp³-hybridized carbons (Fsp3) is 0.414. The summed E-state index contributed by atoms with van der Waals surface area (Å²) in [4.78, 5) is 12.0. The summed E-state index contributed by atoms with van der Waals surface area (Å²) in [5.41, 5.74) is 5.76. The first-order chi connectivity index (χ1) is 17.9. The SMILES string of the molecule is COc1cc(OC)cc(N(CC2(CNC(C)C)CCC2)c2ccc3ncc(-c4cnn(C)c4)nc3c2)c1. The number of nitrogens with zero attached hydrogens (tertiary/aromatic N) is 5. The predicted molar refractivity (Wildman–Crippen MR) is 148 cm³/mol. The molecule has 0 unspecified atom stereocenters. The highest BCUT2D eigenvalue weighted by molar-refractivity contribution is 5.82. The molecule has 1 N–H and O–H groups in total. The molecule has 0 spiro atoms. The molecule has 2 heterocycles. The Morgan fingerprint density at radius 2 is 1.76 bits per heavy atom. The lowest BCUT2D eigenvalue weighted by Crippen LogP contribution is -2.48. The van der Waals surface area contributed by atoms with Crippen molar-refractivity contribution in [3.63, 3.8) is 0 Å². The standard InChI is InChI=1S/C29H36N6O2/c1-20(2)31-18-29(9-6-10-29)19-35(23-11-24(36-4)14-25(12-23)37-5)22-7-8-26-27(13-22)33-28(16-30-26)21-15-32-34(3)17-21/h7-8,11-17,20,31H,6,9-10,18-19H2,1-5H3. The summed E-state index contributed by atoms with van der Waals surface area (Å²) in [6, 6.07) is 12.8. The summed E-state index contributed by atoms with van der Waals surface area (Å²) in [6.45, 7) is 6.28. The summed E-state index contributed by atoms with van der Waals surface area (Å²) < 4.78 is 13.0. The van der Waals surface area contributed by atoms with Crippen molar-refractivity contribution in [1.82, 2.24) is 25.1 Å². The largest absolute Gasteiger partial charge is 0.497 e. The van der Waals surface area contributed by atoms with Crippen LogP contribution in [0.15, 0.2) is 55.0 Å². The van der Waals surface area contributed by atoms with Crippen molar-refractivity contribution >= 4 is 22.4 Å². The van der Waals surface area contributed by atoms with Gasteiger partial charge in [-0.3, -0.25) is 9.67 Å². The van der Waals surface area contributed by atoms with E-state index in [0.29, 0.717) is 6.04 Å². The third-order valence-electron chi connectivity index (χ3n) is 7.28. The topological polar surface area (TPSA) is 77.3 Å². The van der Waals surface area contributed by atoms with Gasteiger partial charge in [-0.2, -0.15) is 5.10 Å². The Bertz CT molecular complexity index is 1360. The first-order valence-electron chi connectivity index (χ1n) is 12.9. The van der Waals surface area contributed by atoms with Crippen molar-refractivity contribution in [1.29, 1.82) is 0 Å². The van der Waals surface area contributed by atoms with Crippen LogP contribution in [-0.4, -0.2) is 53.1 Å². The van der Waals surface area contributed by atoms with Gasteiger partial charge >= 0.3 is 0 Å². The van der Waals surface area contributed by atoms with E-state index in [1.165, 1.54) is 19.3 Å². The van der Waals surface area contributed by atoms with Gasteiger partial charge < -0.3 is 19.7 Å². The van der Waals surface area contributed by atoms with Gasteiger partial charge in [0, 0.05) is 72.9 Å². The number of hydrogen-bond acceptors (Lipinski definition) is 7. The smallest absolute Gasteiger partial charge is 0.124 e. The number of benzene rings is 2. The van der Waals surface area contributed by atoms with Crippen LogP contribution in [0.3, 0.4) is 0 Å². The Morgan fingerprint density at radius 3 is 2.35 bits per heavy atom. The lowest BCUT2D eigenvalue weighted by atomic mass is 9.68. The number of ether oxygens (including phenoxy) is 2. The Hall–Kier alpha value is -3.65. The molecule has 2 aromatic heterocycles. The van der Waals surface area contributed by atoms with E-state index in [2.05, 4.69) is 64.5 Å². The Morgan fingerprint density at radius 1 is 1.00 bits per heavy atom. The molecule has 0 aliphatic heterocycles. The van der Waals surface area contributed by atoms with Crippen LogP contribution >= 0.6 is 0 Å². The molecule has 1 saturated carbocycles. The second-order valence-electron chi connectivity index (χ2n) is 10.4. The zero-order chi connectivity index (χ0) is 26.0. The molecule has 1 fully saturated rings. The highest BCUT2D eigenvalue weighted by atomic mass is 16.5. The fourth-order valence-corrected chi connectivity index (χ4v) is 4.96. The number of nitrogens with one attached hydrogen (secondary N) is 1. The van der Waals surface area contributed by atoms with E-state index < -0.39 is 0 Å². The molecule has 2 aromatic carbocycles. The van der Waals surface area contributed by atoms with Gasteiger partial charge in [0.25, 0.3) is 0 Å². The second kappa shape index (κ2) is 10.4. The van der Waals surface area contributed by atoms with Crippen LogP contribution < -0.4 is 19.7 Å². The zero-order valence-corrected chi connectivity index (χ0v) is 22.4.